The highest BCUT2D eigenvalue weighted by Gasteiger charge is 2.16. The molecule has 1 amide bonds. The number of piperidine rings is 1. The standard InChI is InChI=1S/C20H31ClN2O/c1-17-7-2-4-15-23(17)16-5-3-14-22-20(24)9-6-8-18-10-12-19(21)13-11-18/h10-13,17H,2-9,14-16H2,1H3,(H,22,24). The fraction of sp³-hybridized carbons (Fsp3) is 0.650. The molecule has 24 heavy (non-hydrogen) atoms. The predicted molar refractivity (Wildman–Crippen MR) is 102 cm³/mol. The van der Waals surface area contributed by atoms with Gasteiger partial charge in [-0.3, -0.25) is 4.79 Å². The minimum Gasteiger partial charge on any atom is -0.356 e. The molecule has 1 saturated heterocycles. The first kappa shape index (κ1) is 19.3. The van der Waals surface area contributed by atoms with Gasteiger partial charge in [0.05, 0.1) is 0 Å². The highest BCUT2D eigenvalue weighted by molar-refractivity contribution is 6.30. The number of halogens is 1. The van der Waals surface area contributed by atoms with Crippen molar-refractivity contribution in [3.8, 4) is 0 Å². The third-order valence-corrected chi connectivity index (χ3v) is 5.17. The topological polar surface area (TPSA) is 32.3 Å². The van der Waals surface area contributed by atoms with Crippen LogP contribution in [0.4, 0.5) is 0 Å². The van der Waals surface area contributed by atoms with Crippen molar-refractivity contribution in [1.29, 1.82) is 0 Å². The van der Waals surface area contributed by atoms with Gasteiger partial charge < -0.3 is 10.2 Å². The lowest BCUT2D eigenvalue weighted by Gasteiger charge is -2.33. The van der Waals surface area contributed by atoms with Gasteiger partial charge in [0.15, 0.2) is 0 Å². The summed E-state index contributed by atoms with van der Waals surface area (Å²) < 4.78 is 0. The van der Waals surface area contributed by atoms with Crippen molar-refractivity contribution in [3.05, 3.63) is 34.9 Å². The maximum absolute atomic E-state index is 11.9. The number of nitrogens with one attached hydrogen (secondary N) is 1. The molecule has 1 aliphatic heterocycles. The van der Waals surface area contributed by atoms with E-state index in [1.54, 1.807) is 0 Å². The van der Waals surface area contributed by atoms with E-state index in [2.05, 4.69) is 17.1 Å². The van der Waals surface area contributed by atoms with E-state index in [9.17, 15) is 4.79 Å². The lowest BCUT2D eigenvalue weighted by atomic mass is 10.0. The average molecular weight is 351 g/mol. The molecule has 1 heterocycles. The Morgan fingerprint density at radius 3 is 2.75 bits per heavy atom. The number of carbonyl (C=O) groups is 1. The van der Waals surface area contributed by atoms with Gasteiger partial charge in [-0.25, -0.2) is 0 Å². The number of nitrogens with zero attached hydrogens (tertiary/aromatic N) is 1. The quantitative estimate of drug-likeness (QED) is 0.668. The lowest BCUT2D eigenvalue weighted by Crippen LogP contribution is -2.38. The van der Waals surface area contributed by atoms with Crippen molar-refractivity contribution in [2.45, 2.75) is 64.3 Å². The Morgan fingerprint density at radius 1 is 1.21 bits per heavy atom. The van der Waals surface area contributed by atoms with Gasteiger partial charge in [-0.05, 0) is 76.2 Å². The molecular weight excluding hydrogens is 320 g/mol. The second-order valence-electron chi connectivity index (χ2n) is 6.92. The van der Waals surface area contributed by atoms with Crippen molar-refractivity contribution in [3.63, 3.8) is 0 Å². The molecule has 134 valence electrons. The summed E-state index contributed by atoms with van der Waals surface area (Å²) in [7, 11) is 0. The molecular formula is C20H31ClN2O. The number of amides is 1. The van der Waals surface area contributed by atoms with Gasteiger partial charge in [0.1, 0.15) is 0 Å². The second kappa shape index (κ2) is 10.7. The number of hydrogen-bond acceptors (Lipinski definition) is 2. The molecule has 0 radical (unpaired) electrons. The molecule has 1 atom stereocenters. The molecule has 1 aromatic carbocycles. The normalized spacial score (nSPS) is 18.5. The molecule has 1 unspecified atom stereocenters. The third kappa shape index (κ3) is 7.23. The van der Waals surface area contributed by atoms with Crippen LogP contribution in [0.5, 0.6) is 0 Å². The van der Waals surface area contributed by atoms with Crippen LogP contribution >= 0.6 is 11.6 Å². The summed E-state index contributed by atoms with van der Waals surface area (Å²) in [6.07, 6.45) is 8.73. The van der Waals surface area contributed by atoms with Gasteiger partial charge >= 0.3 is 0 Å². The van der Waals surface area contributed by atoms with Gasteiger partial charge in [0, 0.05) is 24.0 Å². The first-order valence-electron chi connectivity index (χ1n) is 9.40. The van der Waals surface area contributed by atoms with Crippen LogP contribution in [0.2, 0.25) is 5.02 Å². The molecule has 0 spiro atoms. The number of aryl methyl sites for hydroxylation is 1. The smallest absolute Gasteiger partial charge is 0.220 e. The SMILES string of the molecule is CC1CCCCN1CCCCNC(=O)CCCc1ccc(Cl)cc1. The van der Waals surface area contributed by atoms with Crippen molar-refractivity contribution in [2.75, 3.05) is 19.6 Å². The van der Waals surface area contributed by atoms with E-state index in [1.165, 1.54) is 44.3 Å². The van der Waals surface area contributed by atoms with Gasteiger partial charge in [0.25, 0.3) is 0 Å². The summed E-state index contributed by atoms with van der Waals surface area (Å²) >= 11 is 5.87. The van der Waals surface area contributed by atoms with Gasteiger partial charge in [-0.15, -0.1) is 0 Å². The Bertz CT molecular complexity index is 489. The molecule has 3 nitrogen and oxygen atoms in total. The number of unbranched alkanes of at least 4 members (excludes halogenated alkanes) is 1. The maximum Gasteiger partial charge on any atom is 0.220 e. The highest BCUT2D eigenvalue weighted by Crippen LogP contribution is 2.16. The summed E-state index contributed by atoms with van der Waals surface area (Å²) in [5.41, 5.74) is 1.24. The molecule has 1 fully saturated rings. The van der Waals surface area contributed by atoms with Gasteiger partial charge in [0.2, 0.25) is 5.91 Å². The van der Waals surface area contributed by atoms with E-state index < -0.39 is 0 Å². The predicted octanol–water partition coefficient (Wildman–Crippen LogP) is 4.43. The minimum absolute atomic E-state index is 0.176. The third-order valence-electron chi connectivity index (χ3n) is 4.92. The zero-order valence-corrected chi connectivity index (χ0v) is 15.7. The zero-order valence-electron chi connectivity index (χ0n) is 14.9. The van der Waals surface area contributed by atoms with Crippen LogP contribution in [-0.4, -0.2) is 36.5 Å². The Labute approximate surface area is 151 Å². The molecule has 0 aliphatic carbocycles. The monoisotopic (exact) mass is 350 g/mol. The number of likely N-dealkylation sites (tertiary alicyclic amines) is 1. The van der Waals surface area contributed by atoms with Crippen LogP contribution in [-0.2, 0) is 11.2 Å². The summed E-state index contributed by atoms with van der Waals surface area (Å²) in [4.78, 5) is 14.5. The van der Waals surface area contributed by atoms with Crippen LogP contribution in [0.3, 0.4) is 0 Å². The van der Waals surface area contributed by atoms with E-state index in [4.69, 9.17) is 11.6 Å². The van der Waals surface area contributed by atoms with Crippen molar-refractivity contribution >= 4 is 17.5 Å². The van der Waals surface area contributed by atoms with Crippen molar-refractivity contribution in [1.82, 2.24) is 10.2 Å². The second-order valence-corrected chi connectivity index (χ2v) is 7.35. The summed E-state index contributed by atoms with van der Waals surface area (Å²) in [6.45, 7) is 5.56. The molecule has 1 aromatic rings. The number of rotatable bonds is 9. The zero-order chi connectivity index (χ0) is 17.2. The molecule has 4 heteroatoms. The van der Waals surface area contributed by atoms with Crippen LogP contribution in [0.15, 0.2) is 24.3 Å². The van der Waals surface area contributed by atoms with Gasteiger partial charge in [-0.2, -0.15) is 0 Å². The fourth-order valence-corrected chi connectivity index (χ4v) is 3.48. The van der Waals surface area contributed by atoms with Crippen molar-refractivity contribution in [2.24, 2.45) is 0 Å². The van der Waals surface area contributed by atoms with Crippen LogP contribution in [0.1, 0.15) is 57.4 Å². The Balaban J connectivity index is 1.48. The van der Waals surface area contributed by atoms with Crippen LogP contribution in [0.25, 0.3) is 0 Å². The molecule has 1 N–H and O–H groups in total. The van der Waals surface area contributed by atoms with E-state index >= 15 is 0 Å². The Morgan fingerprint density at radius 2 is 2.00 bits per heavy atom. The molecule has 2 rings (SSSR count). The largest absolute Gasteiger partial charge is 0.356 e. The Hall–Kier alpha value is -1.06. The Kier molecular flexibility index (Phi) is 8.62. The molecule has 0 saturated carbocycles. The maximum atomic E-state index is 11.9. The lowest BCUT2D eigenvalue weighted by molar-refractivity contribution is -0.121. The molecule has 1 aliphatic rings. The van der Waals surface area contributed by atoms with E-state index in [1.807, 2.05) is 24.3 Å². The number of benzene rings is 1. The van der Waals surface area contributed by atoms with Crippen LogP contribution in [0, 0.1) is 0 Å². The molecule has 0 aromatic heterocycles. The first-order chi connectivity index (χ1) is 11.6. The van der Waals surface area contributed by atoms with E-state index in [-0.39, 0.29) is 5.91 Å². The van der Waals surface area contributed by atoms with E-state index in [0.717, 1.165) is 36.9 Å². The molecule has 0 bridgehead atoms. The summed E-state index contributed by atoms with van der Waals surface area (Å²) in [6, 6.07) is 8.60. The average Bonchev–Trinajstić information content (AvgIpc) is 2.58. The van der Waals surface area contributed by atoms with Crippen LogP contribution < -0.4 is 5.32 Å². The van der Waals surface area contributed by atoms with Gasteiger partial charge in [-0.1, -0.05) is 30.2 Å². The van der Waals surface area contributed by atoms with Crippen molar-refractivity contribution < 1.29 is 4.79 Å². The number of carbonyl (C=O) groups excluding carboxylic acids is 1. The summed E-state index contributed by atoms with van der Waals surface area (Å²) in [5.74, 6) is 0.176. The minimum atomic E-state index is 0.176. The number of hydrogen-bond donors (Lipinski definition) is 1. The fourth-order valence-electron chi connectivity index (χ4n) is 3.35. The highest BCUT2D eigenvalue weighted by atomic mass is 35.5. The summed E-state index contributed by atoms with van der Waals surface area (Å²) in [5, 5.41) is 3.81. The first-order valence-corrected chi connectivity index (χ1v) is 9.78. The van der Waals surface area contributed by atoms with E-state index in [0.29, 0.717) is 6.42 Å².